The fraction of sp³-hybridized carbons (Fsp3) is 0.409. The highest BCUT2D eigenvalue weighted by Gasteiger charge is 2.30. The molecule has 0 bridgehead atoms. The van der Waals surface area contributed by atoms with Gasteiger partial charge in [-0.3, -0.25) is 4.79 Å². The van der Waals surface area contributed by atoms with Crippen LogP contribution < -0.4 is 0 Å². The summed E-state index contributed by atoms with van der Waals surface area (Å²) in [6.45, 7) is 4.14. The Morgan fingerprint density at radius 1 is 0.962 bits per heavy atom. The van der Waals surface area contributed by atoms with E-state index in [1.165, 1.54) is 30.5 Å². The molecule has 0 saturated carbocycles. The van der Waals surface area contributed by atoms with Crippen molar-refractivity contribution in [2.45, 2.75) is 58.5 Å². The molecule has 0 N–H and O–H groups in total. The van der Waals surface area contributed by atoms with Gasteiger partial charge in [-0.1, -0.05) is 56.5 Å². The van der Waals surface area contributed by atoms with Crippen LogP contribution in [0.2, 0.25) is 0 Å². The van der Waals surface area contributed by atoms with Gasteiger partial charge in [0.05, 0.1) is 5.56 Å². The Kier molecular flexibility index (Phi) is 7.01. The van der Waals surface area contributed by atoms with E-state index in [2.05, 4.69) is 6.92 Å². The van der Waals surface area contributed by atoms with Crippen molar-refractivity contribution in [3.8, 4) is 0 Å². The SMILES string of the molecule is CCCCCCc1cccc(C)c1CC(=O)c1ccc(C(F)(F)F)cc1. The summed E-state index contributed by atoms with van der Waals surface area (Å²) in [4.78, 5) is 12.6. The number of rotatable bonds is 8. The van der Waals surface area contributed by atoms with Gasteiger partial charge >= 0.3 is 6.18 Å². The second-order valence-corrected chi connectivity index (χ2v) is 6.70. The molecule has 26 heavy (non-hydrogen) atoms. The summed E-state index contributed by atoms with van der Waals surface area (Å²) in [6.07, 6.45) is 1.38. The number of alkyl halides is 3. The fourth-order valence-corrected chi connectivity index (χ4v) is 3.10. The lowest BCUT2D eigenvalue weighted by Crippen LogP contribution is -2.09. The van der Waals surface area contributed by atoms with Gasteiger partial charge in [0.25, 0.3) is 0 Å². The van der Waals surface area contributed by atoms with Crippen LogP contribution in [0.3, 0.4) is 0 Å². The average molecular weight is 362 g/mol. The van der Waals surface area contributed by atoms with Gasteiger partial charge in [-0.15, -0.1) is 0 Å². The third-order valence-corrected chi connectivity index (χ3v) is 4.68. The molecule has 140 valence electrons. The van der Waals surface area contributed by atoms with Crippen LogP contribution in [0.4, 0.5) is 13.2 Å². The Balaban J connectivity index is 2.13. The van der Waals surface area contributed by atoms with E-state index in [1.54, 1.807) is 0 Å². The topological polar surface area (TPSA) is 17.1 Å². The van der Waals surface area contributed by atoms with E-state index >= 15 is 0 Å². The molecule has 2 rings (SSSR count). The van der Waals surface area contributed by atoms with Crippen LogP contribution in [0.1, 0.15) is 65.2 Å². The molecular weight excluding hydrogens is 337 g/mol. The number of halogens is 3. The van der Waals surface area contributed by atoms with Crippen molar-refractivity contribution in [2.75, 3.05) is 0 Å². The molecule has 0 amide bonds. The molecule has 0 aliphatic rings. The van der Waals surface area contributed by atoms with Crippen molar-refractivity contribution < 1.29 is 18.0 Å². The number of benzene rings is 2. The van der Waals surface area contributed by atoms with E-state index in [4.69, 9.17) is 0 Å². The minimum atomic E-state index is -4.39. The van der Waals surface area contributed by atoms with Crippen molar-refractivity contribution in [3.63, 3.8) is 0 Å². The van der Waals surface area contributed by atoms with Gasteiger partial charge in [0.2, 0.25) is 0 Å². The van der Waals surface area contributed by atoms with Gasteiger partial charge in [0, 0.05) is 12.0 Å². The first kappa shape index (κ1) is 20.2. The molecule has 0 aliphatic heterocycles. The van der Waals surface area contributed by atoms with Crippen LogP contribution in [0.25, 0.3) is 0 Å². The molecule has 0 aliphatic carbocycles. The molecule has 0 radical (unpaired) electrons. The number of aryl methyl sites for hydroxylation is 2. The molecule has 0 aromatic heterocycles. The molecule has 0 spiro atoms. The van der Waals surface area contributed by atoms with Gasteiger partial charge in [-0.25, -0.2) is 0 Å². The zero-order valence-corrected chi connectivity index (χ0v) is 15.3. The van der Waals surface area contributed by atoms with E-state index in [1.807, 2.05) is 25.1 Å². The summed E-state index contributed by atoms with van der Waals surface area (Å²) in [6, 6.07) is 10.5. The number of hydrogen-bond acceptors (Lipinski definition) is 1. The zero-order valence-electron chi connectivity index (χ0n) is 15.3. The van der Waals surface area contributed by atoms with E-state index in [9.17, 15) is 18.0 Å². The molecule has 4 heteroatoms. The minimum Gasteiger partial charge on any atom is -0.294 e. The Morgan fingerprint density at radius 3 is 2.27 bits per heavy atom. The van der Waals surface area contributed by atoms with E-state index < -0.39 is 11.7 Å². The van der Waals surface area contributed by atoms with Gasteiger partial charge in [-0.2, -0.15) is 13.2 Å². The number of hydrogen-bond donors (Lipinski definition) is 0. The average Bonchev–Trinajstić information content (AvgIpc) is 2.60. The van der Waals surface area contributed by atoms with E-state index in [0.29, 0.717) is 5.56 Å². The van der Waals surface area contributed by atoms with Gasteiger partial charge in [0.1, 0.15) is 0 Å². The van der Waals surface area contributed by atoms with Crippen LogP contribution >= 0.6 is 0 Å². The number of carbonyl (C=O) groups is 1. The molecule has 0 heterocycles. The molecule has 1 nitrogen and oxygen atoms in total. The quantitative estimate of drug-likeness (QED) is 0.384. The summed E-state index contributed by atoms with van der Waals surface area (Å²) in [5.74, 6) is -0.150. The zero-order chi connectivity index (χ0) is 19.2. The molecular formula is C22H25F3O. The Morgan fingerprint density at radius 2 is 1.65 bits per heavy atom. The van der Waals surface area contributed by atoms with Crippen molar-refractivity contribution >= 4 is 5.78 Å². The van der Waals surface area contributed by atoms with Crippen molar-refractivity contribution in [3.05, 3.63) is 70.3 Å². The number of ketones is 1. The Labute approximate surface area is 153 Å². The molecule has 0 saturated heterocycles. The number of Topliss-reactive ketones (excluding diaryl/α,β-unsaturated/α-hetero) is 1. The molecule has 0 fully saturated rings. The first-order valence-electron chi connectivity index (χ1n) is 9.10. The predicted octanol–water partition coefficient (Wildman–Crippen LogP) is 6.56. The highest BCUT2D eigenvalue weighted by molar-refractivity contribution is 5.97. The summed E-state index contributed by atoms with van der Waals surface area (Å²) >= 11 is 0. The lowest BCUT2D eigenvalue weighted by Gasteiger charge is -2.13. The van der Waals surface area contributed by atoms with Crippen molar-refractivity contribution in [2.24, 2.45) is 0 Å². The van der Waals surface area contributed by atoms with Crippen molar-refractivity contribution in [1.29, 1.82) is 0 Å². The van der Waals surface area contributed by atoms with E-state index in [-0.39, 0.29) is 12.2 Å². The van der Waals surface area contributed by atoms with Crippen LogP contribution in [0, 0.1) is 6.92 Å². The number of unbranched alkanes of at least 4 members (excludes halogenated alkanes) is 3. The maximum absolute atomic E-state index is 12.7. The summed E-state index contributed by atoms with van der Waals surface area (Å²) in [5, 5.41) is 0. The van der Waals surface area contributed by atoms with Crippen LogP contribution in [0.5, 0.6) is 0 Å². The third-order valence-electron chi connectivity index (χ3n) is 4.68. The van der Waals surface area contributed by atoms with Crippen LogP contribution in [-0.2, 0) is 19.0 Å². The van der Waals surface area contributed by atoms with Crippen molar-refractivity contribution in [1.82, 2.24) is 0 Å². The molecule has 2 aromatic rings. The van der Waals surface area contributed by atoms with Gasteiger partial charge < -0.3 is 0 Å². The predicted molar refractivity (Wildman–Crippen MR) is 98.5 cm³/mol. The smallest absolute Gasteiger partial charge is 0.294 e. The second-order valence-electron chi connectivity index (χ2n) is 6.70. The standard InChI is InChI=1S/C22H25F3O/c1-3-4-5-6-9-17-10-7-8-16(2)20(17)15-21(26)18-11-13-19(14-12-18)22(23,24)25/h7-8,10-14H,3-6,9,15H2,1-2H3. The monoisotopic (exact) mass is 362 g/mol. The summed E-state index contributed by atoms with van der Waals surface area (Å²) < 4.78 is 38.0. The maximum Gasteiger partial charge on any atom is 0.416 e. The fourth-order valence-electron chi connectivity index (χ4n) is 3.10. The first-order chi connectivity index (χ1) is 12.3. The third kappa shape index (κ3) is 5.45. The lowest BCUT2D eigenvalue weighted by atomic mass is 9.92. The Hall–Kier alpha value is -2.10. The maximum atomic E-state index is 12.7. The van der Waals surface area contributed by atoms with Crippen LogP contribution in [0.15, 0.2) is 42.5 Å². The largest absolute Gasteiger partial charge is 0.416 e. The van der Waals surface area contributed by atoms with Gasteiger partial charge in [-0.05, 0) is 48.6 Å². The summed E-state index contributed by atoms with van der Waals surface area (Å²) in [7, 11) is 0. The van der Waals surface area contributed by atoms with Gasteiger partial charge in [0.15, 0.2) is 5.78 Å². The highest BCUT2D eigenvalue weighted by Crippen LogP contribution is 2.29. The highest BCUT2D eigenvalue weighted by atomic mass is 19.4. The lowest BCUT2D eigenvalue weighted by molar-refractivity contribution is -0.137. The minimum absolute atomic E-state index is 0.150. The summed E-state index contributed by atoms with van der Waals surface area (Å²) in [5.41, 5.74) is 2.81. The molecule has 2 aromatic carbocycles. The Bertz CT molecular complexity index is 730. The molecule has 0 atom stereocenters. The first-order valence-corrected chi connectivity index (χ1v) is 9.10. The van der Waals surface area contributed by atoms with E-state index in [0.717, 1.165) is 42.5 Å². The second kappa shape index (κ2) is 9.02. The number of carbonyl (C=O) groups excluding carboxylic acids is 1. The normalized spacial score (nSPS) is 11.6. The van der Waals surface area contributed by atoms with Crippen LogP contribution in [-0.4, -0.2) is 5.78 Å². The molecule has 0 unspecified atom stereocenters.